The van der Waals surface area contributed by atoms with Crippen molar-refractivity contribution in [2.45, 2.75) is 25.4 Å². The van der Waals surface area contributed by atoms with E-state index in [0.29, 0.717) is 6.04 Å². The Morgan fingerprint density at radius 1 is 0.941 bits per heavy atom. The Morgan fingerprint density at radius 2 is 1.62 bits per heavy atom. The van der Waals surface area contributed by atoms with Gasteiger partial charge in [0.25, 0.3) is 0 Å². The summed E-state index contributed by atoms with van der Waals surface area (Å²) in [5, 5.41) is 7.09. The van der Waals surface area contributed by atoms with E-state index in [4.69, 9.17) is 9.47 Å². The van der Waals surface area contributed by atoms with Crippen molar-refractivity contribution in [1.29, 1.82) is 0 Å². The number of methoxy groups -OCH3 is 2. The van der Waals surface area contributed by atoms with Crippen LogP contribution in [0.25, 0.3) is 0 Å². The van der Waals surface area contributed by atoms with Gasteiger partial charge in [0, 0.05) is 75.4 Å². The first-order chi connectivity index (χ1) is 16.2. The minimum absolute atomic E-state index is 0. The maximum atomic E-state index is 5.43. The summed E-state index contributed by atoms with van der Waals surface area (Å²) in [7, 11) is 5.21. The van der Waals surface area contributed by atoms with E-state index >= 15 is 0 Å². The van der Waals surface area contributed by atoms with Gasteiger partial charge in [-0.05, 0) is 30.5 Å². The molecule has 2 aromatic carbocycles. The van der Waals surface area contributed by atoms with Crippen LogP contribution in [0.1, 0.15) is 18.4 Å². The number of ether oxygens (including phenoxy) is 2. The van der Waals surface area contributed by atoms with Gasteiger partial charge in [0.2, 0.25) is 0 Å². The predicted octanol–water partition coefficient (Wildman–Crippen LogP) is 4.03. The minimum Gasteiger partial charge on any atom is -0.497 e. The van der Waals surface area contributed by atoms with Gasteiger partial charge >= 0.3 is 0 Å². The number of guanidine groups is 1. The van der Waals surface area contributed by atoms with Crippen molar-refractivity contribution < 1.29 is 9.47 Å². The summed E-state index contributed by atoms with van der Waals surface area (Å²) >= 11 is 0. The van der Waals surface area contributed by atoms with Crippen LogP contribution in [0, 0.1) is 0 Å². The summed E-state index contributed by atoms with van der Waals surface area (Å²) in [5.41, 5.74) is 3.66. The van der Waals surface area contributed by atoms with Gasteiger partial charge in [0.1, 0.15) is 11.5 Å². The molecular weight excluding hydrogens is 541 g/mol. The smallest absolute Gasteiger partial charge is 0.191 e. The highest BCUT2D eigenvalue weighted by Crippen LogP contribution is 2.30. The maximum Gasteiger partial charge on any atom is 0.191 e. The lowest BCUT2D eigenvalue weighted by atomic mass is 10.0. The number of rotatable bonds is 7. The fourth-order valence-corrected chi connectivity index (χ4v) is 4.38. The molecule has 2 aliphatic rings. The average Bonchev–Trinajstić information content (AvgIpc) is 3.42. The van der Waals surface area contributed by atoms with E-state index in [2.05, 4.69) is 74.0 Å². The first-order valence-electron chi connectivity index (χ1n) is 11.6. The second-order valence-corrected chi connectivity index (χ2v) is 8.45. The first kappa shape index (κ1) is 26.0. The molecule has 2 aromatic rings. The molecule has 0 amide bonds. The monoisotopic (exact) mass is 577 g/mol. The summed E-state index contributed by atoms with van der Waals surface area (Å²) < 4.78 is 10.9. The summed E-state index contributed by atoms with van der Waals surface area (Å²) in [4.78, 5) is 9.20. The predicted molar refractivity (Wildman–Crippen MR) is 151 cm³/mol. The lowest BCUT2D eigenvalue weighted by Crippen LogP contribution is -2.48. The van der Waals surface area contributed by atoms with E-state index in [1.165, 1.54) is 11.3 Å². The van der Waals surface area contributed by atoms with Crippen LogP contribution in [0.2, 0.25) is 0 Å². The molecule has 8 heteroatoms. The van der Waals surface area contributed by atoms with Crippen LogP contribution in [0.5, 0.6) is 11.5 Å². The van der Waals surface area contributed by atoms with Gasteiger partial charge in [-0.1, -0.05) is 24.3 Å². The summed E-state index contributed by atoms with van der Waals surface area (Å²) in [5.74, 6) is 2.49. The zero-order chi connectivity index (χ0) is 23.0. The van der Waals surface area contributed by atoms with Crippen LogP contribution < -0.4 is 29.9 Å². The van der Waals surface area contributed by atoms with Crippen molar-refractivity contribution in [2.75, 3.05) is 57.2 Å². The maximum absolute atomic E-state index is 5.43. The van der Waals surface area contributed by atoms with Gasteiger partial charge in [0.15, 0.2) is 5.96 Å². The Bertz CT molecular complexity index is 959. The van der Waals surface area contributed by atoms with Crippen LogP contribution in [0.4, 0.5) is 11.4 Å². The standard InChI is InChI=1S/C26H35N5O2.HI/c1-27-26(28-19-20-7-6-8-22(15-20)30-11-4-5-12-30)29-21-9-13-31(14-10-21)23-16-24(32-2)18-25(17-23)33-3;/h4-8,15-18,21H,9-14,19H2,1-3H3,(H2,27,28,29);1H. The Hall–Kier alpha value is -2.62. The van der Waals surface area contributed by atoms with Gasteiger partial charge in [-0.3, -0.25) is 4.99 Å². The topological polar surface area (TPSA) is 61.4 Å². The molecule has 1 fully saturated rings. The number of hydrogen-bond acceptors (Lipinski definition) is 5. The lowest BCUT2D eigenvalue weighted by molar-refractivity contribution is 0.393. The molecule has 34 heavy (non-hydrogen) atoms. The van der Waals surface area contributed by atoms with Gasteiger partial charge in [-0.25, -0.2) is 0 Å². The van der Waals surface area contributed by atoms with E-state index in [1.807, 2.05) is 13.1 Å². The van der Waals surface area contributed by atoms with Crippen molar-refractivity contribution in [3.63, 3.8) is 0 Å². The van der Waals surface area contributed by atoms with Crippen LogP contribution in [0.15, 0.2) is 59.6 Å². The fraction of sp³-hybridized carbons (Fsp3) is 0.423. The molecule has 1 saturated heterocycles. The molecule has 0 aromatic heterocycles. The number of aliphatic imine (C=N–C) groups is 1. The number of nitrogens with one attached hydrogen (secondary N) is 2. The Labute approximate surface area is 220 Å². The lowest BCUT2D eigenvalue weighted by Gasteiger charge is -2.34. The molecular formula is C26H36IN5O2. The highest BCUT2D eigenvalue weighted by molar-refractivity contribution is 14.0. The quantitative estimate of drug-likeness (QED) is 0.224. The number of halogens is 1. The third kappa shape index (κ3) is 6.71. The van der Waals surface area contributed by atoms with Crippen LogP contribution in [0.3, 0.4) is 0 Å². The van der Waals surface area contributed by atoms with E-state index in [1.54, 1.807) is 14.2 Å². The van der Waals surface area contributed by atoms with E-state index in [9.17, 15) is 0 Å². The van der Waals surface area contributed by atoms with Gasteiger partial charge < -0.3 is 29.9 Å². The third-order valence-electron chi connectivity index (χ3n) is 6.31. The van der Waals surface area contributed by atoms with Crippen molar-refractivity contribution in [3.8, 4) is 11.5 Å². The van der Waals surface area contributed by atoms with Crippen LogP contribution in [-0.2, 0) is 6.54 Å². The van der Waals surface area contributed by atoms with Crippen LogP contribution >= 0.6 is 24.0 Å². The zero-order valence-corrected chi connectivity index (χ0v) is 22.6. The number of nitrogens with zero attached hydrogens (tertiary/aromatic N) is 3. The molecule has 0 bridgehead atoms. The van der Waals surface area contributed by atoms with Crippen molar-refractivity contribution >= 4 is 41.3 Å². The first-order valence-corrected chi connectivity index (χ1v) is 11.6. The zero-order valence-electron chi connectivity index (χ0n) is 20.3. The third-order valence-corrected chi connectivity index (χ3v) is 6.31. The molecule has 0 spiro atoms. The Morgan fingerprint density at radius 3 is 2.24 bits per heavy atom. The van der Waals surface area contributed by atoms with E-state index in [-0.39, 0.29) is 24.0 Å². The Kier molecular flexibility index (Phi) is 9.74. The summed E-state index contributed by atoms with van der Waals surface area (Å²) in [6.07, 6.45) is 6.51. The number of hydrogen-bond donors (Lipinski definition) is 2. The molecule has 0 radical (unpaired) electrons. The highest BCUT2D eigenvalue weighted by Gasteiger charge is 2.21. The number of benzene rings is 2. The molecule has 7 nitrogen and oxygen atoms in total. The van der Waals surface area contributed by atoms with Crippen molar-refractivity contribution in [2.24, 2.45) is 4.99 Å². The van der Waals surface area contributed by atoms with E-state index < -0.39 is 0 Å². The van der Waals surface area contributed by atoms with Crippen LogP contribution in [-0.4, -0.2) is 59.4 Å². The molecule has 2 aliphatic heterocycles. The Balaban J connectivity index is 0.00000324. The SMILES string of the molecule is CN=C(NCc1cccc(N2CC=CC2)c1)NC1CCN(c2cc(OC)cc(OC)c2)CC1.I. The molecule has 2 heterocycles. The molecule has 0 saturated carbocycles. The van der Waals surface area contributed by atoms with Gasteiger partial charge in [-0.2, -0.15) is 0 Å². The second kappa shape index (κ2) is 12.7. The highest BCUT2D eigenvalue weighted by atomic mass is 127. The summed E-state index contributed by atoms with van der Waals surface area (Å²) in [6.45, 7) is 4.66. The second-order valence-electron chi connectivity index (χ2n) is 8.45. The normalized spacial score (nSPS) is 16.3. The van der Waals surface area contributed by atoms with Gasteiger partial charge in [0.05, 0.1) is 14.2 Å². The largest absolute Gasteiger partial charge is 0.497 e. The van der Waals surface area contributed by atoms with Crippen molar-refractivity contribution in [3.05, 3.63) is 60.2 Å². The molecule has 0 atom stereocenters. The number of piperidine rings is 1. The fourth-order valence-electron chi connectivity index (χ4n) is 4.38. The number of anilines is 2. The summed E-state index contributed by atoms with van der Waals surface area (Å²) in [6, 6.07) is 15.2. The molecule has 0 unspecified atom stereocenters. The minimum atomic E-state index is 0. The molecule has 0 aliphatic carbocycles. The van der Waals surface area contributed by atoms with Gasteiger partial charge in [-0.15, -0.1) is 24.0 Å². The average molecular weight is 578 g/mol. The molecule has 184 valence electrons. The molecule has 2 N–H and O–H groups in total. The van der Waals surface area contributed by atoms with Crippen molar-refractivity contribution in [1.82, 2.24) is 10.6 Å². The van der Waals surface area contributed by atoms with E-state index in [0.717, 1.165) is 68.7 Å². The molecule has 4 rings (SSSR count).